The smallest absolute Gasteiger partial charge is 0.402 e. The van der Waals surface area contributed by atoms with E-state index in [4.69, 9.17) is 16.7 Å². The fourth-order valence-electron chi connectivity index (χ4n) is 1.35. The van der Waals surface area contributed by atoms with Crippen LogP contribution in [0.5, 0.6) is 0 Å². The third-order valence-corrected chi connectivity index (χ3v) is 4.39. The zero-order chi connectivity index (χ0) is 15.7. The minimum atomic E-state index is -4.69. The number of carboxylic acid groups (broad SMARTS) is 1. The van der Waals surface area contributed by atoms with E-state index in [9.17, 15) is 26.4 Å². The number of rotatable bonds is 4. The van der Waals surface area contributed by atoms with Crippen LogP contribution in [0.4, 0.5) is 13.2 Å². The van der Waals surface area contributed by atoms with Crippen molar-refractivity contribution < 1.29 is 31.5 Å². The Kier molecular flexibility index (Phi) is 4.67. The molecule has 0 aliphatic carbocycles. The van der Waals surface area contributed by atoms with E-state index in [0.717, 1.165) is 25.2 Å². The van der Waals surface area contributed by atoms with Crippen molar-refractivity contribution in [1.29, 1.82) is 0 Å². The van der Waals surface area contributed by atoms with E-state index in [2.05, 4.69) is 0 Å². The van der Waals surface area contributed by atoms with Gasteiger partial charge in [0.15, 0.2) is 0 Å². The van der Waals surface area contributed by atoms with Gasteiger partial charge in [-0.1, -0.05) is 11.6 Å². The molecule has 0 bridgehead atoms. The molecule has 0 aromatic heterocycles. The average molecular weight is 332 g/mol. The van der Waals surface area contributed by atoms with Crippen LogP contribution < -0.4 is 0 Å². The van der Waals surface area contributed by atoms with Crippen molar-refractivity contribution in [3.63, 3.8) is 0 Å². The van der Waals surface area contributed by atoms with E-state index < -0.39 is 33.6 Å². The predicted molar refractivity (Wildman–Crippen MR) is 64.3 cm³/mol. The maximum atomic E-state index is 12.2. The molecule has 0 saturated heterocycles. The van der Waals surface area contributed by atoms with Gasteiger partial charge in [0, 0.05) is 7.05 Å². The molecule has 0 aliphatic heterocycles. The molecular weight excluding hydrogens is 323 g/mol. The first kappa shape index (κ1) is 16.7. The van der Waals surface area contributed by atoms with Crippen molar-refractivity contribution in [2.45, 2.75) is 11.1 Å². The Bertz CT molecular complexity index is 630. The fraction of sp³-hybridized carbons (Fsp3) is 0.300. The lowest BCUT2D eigenvalue weighted by atomic mass is 10.2. The molecule has 0 heterocycles. The van der Waals surface area contributed by atoms with Crippen LogP contribution >= 0.6 is 11.6 Å². The number of sulfonamides is 1. The third-order valence-electron chi connectivity index (χ3n) is 2.28. The monoisotopic (exact) mass is 331 g/mol. The number of carboxylic acids is 1. The van der Waals surface area contributed by atoms with Gasteiger partial charge in [-0.15, -0.1) is 0 Å². The molecule has 1 aromatic rings. The molecule has 0 saturated carbocycles. The molecule has 0 fully saturated rings. The number of hydrogen-bond acceptors (Lipinski definition) is 3. The minimum Gasteiger partial charge on any atom is -0.478 e. The van der Waals surface area contributed by atoms with Gasteiger partial charge in [0.1, 0.15) is 6.54 Å². The van der Waals surface area contributed by atoms with Crippen LogP contribution in [0, 0.1) is 0 Å². The Morgan fingerprint density at radius 2 is 1.95 bits per heavy atom. The summed E-state index contributed by atoms with van der Waals surface area (Å²) in [5.41, 5.74) is -0.343. The summed E-state index contributed by atoms with van der Waals surface area (Å²) >= 11 is 5.58. The molecule has 5 nitrogen and oxygen atoms in total. The number of nitrogens with zero attached hydrogens (tertiary/aromatic N) is 1. The summed E-state index contributed by atoms with van der Waals surface area (Å²) in [5.74, 6) is -1.37. The number of carbonyl (C=O) groups is 1. The summed E-state index contributed by atoms with van der Waals surface area (Å²) in [7, 11) is -3.64. The van der Waals surface area contributed by atoms with Crippen molar-refractivity contribution in [2.75, 3.05) is 13.6 Å². The predicted octanol–water partition coefficient (Wildman–Crippen LogP) is 2.22. The van der Waals surface area contributed by atoms with Crippen LogP contribution in [0.2, 0.25) is 5.02 Å². The van der Waals surface area contributed by atoms with Crippen LogP contribution in [-0.4, -0.2) is 43.6 Å². The van der Waals surface area contributed by atoms with E-state index in [1.54, 1.807) is 0 Å². The molecule has 20 heavy (non-hydrogen) atoms. The number of hydrogen-bond donors (Lipinski definition) is 1. The number of alkyl halides is 3. The van der Waals surface area contributed by atoms with Crippen molar-refractivity contribution in [3.05, 3.63) is 28.8 Å². The van der Waals surface area contributed by atoms with Gasteiger partial charge in [0.2, 0.25) is 10.0 Å². The van der Waals surface area contributed by atoms with Gasteiger partial charge in [-0.25, -0.2) is 13.2 Å². The Balaban J connectivity index is 3.17. The summed E-state index contributed by atoms with van der Waals surface area (Å²) in [6.07, 6.45) is -4.69. The molecule has 0 radical (unpaired) electrons. The molecular formula is C10H9ClF3NO4S. The molecule has 1 rings (SSSR count). The third kappa shape index (κ3) is 3.84. The van der Waals surface area contributed by atoms with Crippen molar-refractivity contribution in [1.82, 2.24) is 4.31 Å². The number of benzene rings is 1. The Hall–Kier alpha value is -1.32. The van der Waals surface area contributed by atoms with E-state index in [1.807, 2.05) is 0 Å². The largest absolute Gasteiger partial charge is 0.478 e. The molecule has 0 spiro atoms. The maximum Gasteiger partial charge on any atom is 0.402 e. The lowest BCUT2D eigenvalue weighted by molar-refractivity contribution is -0.134. The first-order chi connectivity index (χ1) is 8.95. The van der Waals surface area contributed by atoms with Crippen molar-refractivity contribution in [2.24, 2.45) is 0 Å². The molecule has 10 heteroatoms. The summed E-state index contributed by atoms with van der Waals surface area (Å²) in [6, 6.07) is 2.60. The fourth-order valence-corrected chi connectivity index (χ4v) is 2.86. The second-order valence-corrected chi connectivity index (χ2v) is 6.28. The van der Waals surface area contributed by atoms with Crippen LogP contribution in [0.15, 0.2) is 23.1 Å². The molecule has 0 atom stereocenters. The van der Waals surface area contributed by atoms with Gasteiger partial charge >= 0.3 is 12.1 Å². The number of aromatic carboxylic acids is 1. The highest BCUT2D eigenvalue weighted by Gasteiger charge is 2.35. The lowest BCUT2D eigenvalue weighted by Crippen LogP contribution is -2.35. The second kappa shape index (κ2) is 5.58. The summed E-state index contributed by atoms with van der Waals surface area (Å²) in [6.45, 7) is -1.66. The van der Waals surface area contributed by atoms with E-state index in [0.29, 0.717) is 0 Å². The Morgan fingerprint density at radius 1 is 1.40 bits per heavy atom. The normalized spacial score (nSPS) is 12.7. The van der Waals surface area contributed by atoms with Gasteiger partial charge in [-0.05, 0) is 18.2 Å². The minimum absolute atomic E-state index is 0.110. The average Bonchev–Trinajstić information content (AvgIpc) is 2.25. The van der Waals surface area contributed by atoms with Gasteiger partial charge in [-0.2, -0.15) is 17.5 Å². The standard InChI is InChI=1S/C10H9ClF3NO4S/c1-15(5-10(12,13)14)20(18,19)6-2-3-7(9(16)17)8(11)4-6/h2-4H,5H2,1H3,(H,16,17). The van der Waals surface area contributed by atoms with Gasteiger partial charge in [0.05, 0.1) is 15.5 Å². The molecule has 1 N–H and O–H groups in total. The zero-order valence-electron chi connectivity index (χ0n) is 9.98. The highest BCUT2D eigenvalue weighted by molar-refractivity contribution is 7.89. The van der Waals surface area contributed by atoms with Crippen LogP contribution in [0.3, 0.4) is 0 Å². The first-order valence-corrected chi connectivity index (χ1v) is 6.83. The van der Waals surface area contributed by atoms with Crippen molar-refractivity contribution >= 4 is 27.6 Å². The quantitative estimate of drug-likeness (QED) is 0.918. The zero-order valence-corrected chi connectivity index (χ0v) is 11.6. The molecule has 112 valence electrons. The maximum absolute atomic E-state index is 12.2. The molecule has 0 amide bonds. The summed E-state index contributed by atoms with van der Waals surface area (Å²) < 4.78 is 60.4. The van der Waals surface area contributed by atoms with Crippen LogP contribution in [-0.2, 0) is 10.0 Å². The first-order valence-electron chi connectivity index (χ1n) is 5.01. The number of halogens is 4. The van der Waals surface area contributed by atoms with E-state index in [1.165, 1.54) is 0 Å². The molecule has 0 aliphatic rings. The van der Waals surface area contributed by atoms with E-state index in [-0.39, 0.29) is 14.9 Å². The van der Waals surface area contributed by atoms with Gasteiger partial charge in [-0.3, -0.25) is 0 Å². The SMILES string of the molecule is CN(CC(F)(F)F)S(=O)(=O)c1ccc(C(=O)O)c(Cl)c1. The lowest BCUT2D eigenvalue weighted by Gasteiger charge is -2.19. The van der Waals surface area contributed by atoms with Crippen molar-refractivity contribution in [3.8, 4) is 0 Å². The molecule has 1 aromatic carbocycles. The Morgan fingerprint density at radius 3 is 2.35 bits per heavy atom. The van der Waals surface area contributed by atoms with Gasteiger partial charge < -0.3 is 5.11 Å². The highest BCUT2D eigenvalue weighted by Crippen LogP contribution is 2.25. The highest BCUT2D eigenvalue weighted by atomic mass is 35.5. The van der Waals surface area contributed by atoms with Gasteiger partial charge in [0.25, 0.3) is 0 Å². The molecule has 0 unspecified atom stereocenters. The Labute approximate surface area is 117 Å². The van der Waals surface area contributed by atoms with E-state index >= 15 is 0 Å². The topological polar surface area (TPSA) is 74.7 Å². The summed E-state index contributed by atoms with van der Waals surface area (Å²) in [5, 5.41) is 8.35. The van der Waals surface area contributed by atoms with Crippen LogP contribution in [0.25, 0.3) is 0 Å². The van der Waals surface area contributed by atoms with Crippen LogP contribution in [0.1, 0.15) is 10.4 Å². The summed E-state index contributed by atoms with van der Waals surface area (Å²) in [4.78, 5) is 10.2. The second-order valence-electron chi connectivity index (χ2n) is 3.82.